The molecule has 0 radical (unpaired) electrons. The Morgan fingerprint density at radius 1 is 1.30 bits per heavy atom. The third-order valence-electron chi connectivity index (χ3n) is 3.11. The van der Waals surface area contributed by atoms with Gasteiger partial charge in [-0.2, -0.15) is 0 Å². The maximum Gasteiger partial charge on any atom is 0.209 e. The number of para-hydroxylation sites is 1. The molecule has 0 aliphatic heterocycles. The molecule has 0 amide bonds. The number of ketones is 1. The number of carbonyl (C=O) groups excluding carboxylic acids is 1. The molecular formula is C14H21NO4S. The lowest BCUT2D eigenvalue weighted by molar-refractivity contribution is 0.101. The first-order chi connectivity index (χ1) is 9.20. The second-order valence-corrected chi connectivity index (χ2v) is 6.86. The lowest BCUT2D eigenvalue weighted by Crippen LogP contribution is -2.30. The van der Waals surface area contributed by atoms with Crippen molar-refractivity contribution in [1.29, 1.82) is 0 Å². The standard InChI is InChI=1S/C14H21NO4S/c1-10(2)12(9-20(15,17)18)8-19-14-7-5-4-6-13(14)11(3)16/h4-7,10,12H,8-9H2,1-3H3,(H2,15,17,18). The molecule has 20 heavy (non-hydrogen) atoms. The molecule has 0 heterocycles. The minimum Gasteiger partial charge on any atom is -0.492 e. The van der Waals surface area contributed by atoms with Gasteiger partial charge in [0.2, 0.25) is 10.0 Å². The number of benzene rings is 1. The predicted molar refractivity (Wildman–Crippen MR) is 78.2 cm³/mol. The third-order valence-corrected chi connectivity index (χ3v) is 4.00. The van der Waals surface area contributed by atoms with E-state index in [1.54, 1.807) is 24.3 Å². The van der Waals surface area contributed by atoms with E-state index >= 15 is 0 Å². The highest BCUT2D eigenvalue weighted by Crippen LogP contribution is 2.21. The number of sulfonamides is 1. The normalized spacial score (nSPS) is 13.2. The van der Waals surface area contributed by atoms with Crippen molar-refractivity contribution in [2.24, 2.45) is 17.0 Å². The fourth-order valence-electron chi connectivity index (χ4n) is 1.81. The number of hydrogen-bond donors (Lipinski definition) is 1. The van der Waals surface area contributed by atoms with Crippen LogP contribution in [-0.4, -0.2) is 26.6 Å². The van der Waals surface area contributed by atoms with Crippen molar-refractivity contribution in [1.82, 2.24) is 0 Å². The lowest BCUT2D eigenvalue weighted by Gasteiger charge is -2.20. The Bertz CT molecular complexity index is 566. The van der Waals surface area contributed by atoms with Gasteiger partial charge in [-0.1, -0.05) is 26.0 Å². The maximum atomic E-state index is 11.5. The average Bonchev–Trinajstić information content (AvgIpc) is 2.33. The van der Waals surface area contributed by atoms with Gasteiger partial charge in [0.05, 0.1) is 17.9 Å². The van der Waals surface area contributed by atoms with Crippen LogP contribution < -0.4 is 9.88 Å². The fourth-order valence-corrected chi connectivity index (χ4v) is 2.89. The molecular weight excluding hydrogens is 278 g/mol. The van der Waals surface area contributed by atoms with Crippen molar-refractivity contribution in [2.45, 2.75) is 20.8 Å². The van der Waals surface area contributed by atoms with Gasteiger partial charge < -0.3 is 4.74 Å². The molecule has 6 heteroatoms. The summed E-state index contributed by atoms with van der Waals surface area (Å²) < 4.78 is 28.0. The molecule has 1 atom stereocenters. The Hall–Kier alpha value is -1.40. The first-order valence-corrected chi connectivity index (χ1v) is 8.15. The van der Waals surface area contributed by atoms with Crippen LogP contribution in [0.3, 0.4) is 0 Å². The van der Waals surface area contributed by atoms with Gasteiger partial charge in [-0.15, -0.1) is 0 Å². The largest absolute Gasteiger partial charge is 0.492 e. The van der Waals surface area contributed by atoms with Crippen molar-refractivity contribution in [3.63, 3.8) is 0 Å². The van der Waals surface area contributed by atoms with Crippen molar-refractivity contribution in [3.8, 4) is 5.75 Å². The molecule has 2 N–H and O–H groups in total. The zero-order valence-corrected chi connectivity index (χ0v) is 12.8. The summed E-state index contributed by atoms with van der Waals surface area (Å²) in [5.74, 6) is 0.142. The first kappa shape index (κ1) is 16.7. The Balaban J connectivity index is 2.81. The van der Waals surface area contributed by atoms with Crippen LogP contribution in [0.1, 0.15) is 31.1 Å². The molecule has 1 rings (SSSR count). The van der Waals surface area contributed by atoms with E-state index in [1.165, 1.54) is 6.92 Å². The molecule has 112 valence electrons. The van der Waals surface area contributed by atoms with E-state index in [-0.39, 0.29) is 30.0 Å². The zero-order chi connectivity index (χ0) is 15.3. The van der Waals surface area contributed by atoms with Crippen LogP contribution in [-0.2, 0) is 10.0 Å². The number of primary sulfonamides is 1. The minimum atomic E-state index is -3.55. The van der Waals surface area contributed by atoms with Gasteiger partial charge in [0.1, 0.15) is 5.75 Å². The zero-order valence-electron chi connectivity index (χ0n) is 12.0. The molecule has 0 bridgehead atoms. The number of hydrogen-bond acceptors (Lipinski definition) is 4. The fraction of sp³-hybridized carbons (Fsp3) is 0.500. The molecule has 0 aliphatic carbocycles. The van der Waals surface area contributed by atoms with E-state index in [9.17, 15) is 13.2 Å². The van der Waals surface area contributed by atoms with Crippen molar-refractivity contribution in [3.05, 3.63) is 29.8 Å². The van der Waals surface area contributed by atoms with Gasteiger partial charge in [0, 0.05) is 5.92 Å². The first-order valence-electron chi connectivity index (χ1n) is 6.44. The third kappa shape index (κ3) is 5.30. The molecule has 1 aromatic rings. The molecule has 0 saturated heterocycles. The second-order valence-electron chi connectivity index (χ2n) is 5.20. The summed E-state index contributed by atoms with van der Waals surface area (Å²) >= 11 is 0. The molecule has 0 saturated carbocycles. The van der Waals surface area contributed by atoms with E-state index in [4.69, 9.17) is 9.88 Å². The monoisotopic (exact) mass is 299 g/mol. The van der Waals surface area contributed by atoms with Crippen LogP contribution >= 0.6 is 0 Å². The van der Waals surface area contributed by atoms with Crippen LogP contribution in [0, 0.1) is 11.8 Å². The Morgan fingerprint density at radius 2 is 1.90 bits per heavy atom. The van der Waals surface area contributed by atoms with Gasteiger partial charge >= 0.3 is 0 Å². The summed E-state index contributed by atoms with van der Waals surface area (Å²) in [6, 6.07) is 6.91. The minimum absolute atomic E-state index is 0.0897. The SMILES string of the molecule is CC(=O)c1ccccc1OCC(CS(N)(=O)=O)C(C)C. The van der Waals surface area contributed by atoms with E-state index in [1.807, 2.05) is 13.8 Å². The van der Waals surface area contributed by atoms with Gasteiger partial charge in [-0.05, 0) is 25.0 Å². The summed E-state index contributed by atoms with van der Waals surface area (Å²) in [4.78, 5) is 11.5. The number of Topliss-reactive ketones (excluding diaryl/α,β-unsaturated/α-hetero) is 1. The summed E-state index contributed by atoms with van der Waals surface area (Å²) in [5.41, 5.74) is 0.491. The molecule has 1 unspecified atom stereocenters. The van der Waals surface area contributed by atoms with E-state index < -0.39 is 10.0 Å². The second kappa shape index (κ2) is 6.85. The van der Waals surface area contributed by atoms with Gasteiger partial charge in [-0.25, -0.2) is 13.6 Å². The van der Waals surface area contributed by atoms with Crippen molar-refractivity contribution < 1.29 is 17.9 Å². The van der Waals surface area contributed by atoms with Crippen molar-refractivity contribution >= 4 is 15.8 Å². The lowest BCUT2D eigenvalue weighted by atomic mass is 9.99. The summed E-state index contributed by atoms with van der Waals surface area (Å²) in [7, 11) is -3.55. The Labute approximate surface area is 120 Å². The van der Waals surface area contributed by atoms with Crippen LogP contribution in [0.25, 0.3) is 0 Å². The molecule has 0 spiro atoms. The number of carbonyl (C=O) groups is 1. The van der Waals surface area contributed by atoms with Gasteiger partial charge in [-0.3, -0.25) is 4.79 Å². The maximum absolute atomic E-state index is 11.5. The van der Waals surface area contributed by atoms with Gasteiger partial charge in [0.15, 0.2) is 5.78 Å². The Kier molecular flexibility index (Phi) is 5.71. The van der Waals surface area contributed by atoms with Crippen LogP contribution in [0.4, 0.5) is 0 Å². The quantitative estimate of drug-likeness (QED) is 0.778. The van der Waals surface area contributed by atoms with E-state index in [2.05, 4.69) is 0 Å². The highest BCUT2D eigenvalue weighted by molar-refractivity contribution is 7.89. The number of rotatable bonds is 7. The summed E-state index contributed by atoms with van der Waals surface area (Å²) in [6.45, 7) is 5.50. The van der Waals surface area contributed by atoms with Gasteiger partial charge in [0.25, 0.3) is 0 Å². The highest BCUT2D eigenvalue weighted by Gasteiger charge is 2.21. The molecule has 5 nitrogen and oxygen atoms in total. The van der Waals surface area contributed by atoms with E-state index in [0.717, 1.165) is 0 Å². The molecule has 0 aliphatic rings. The van der Waals surface area contributed by atoms with Crippen molar-refractivity contribution in [2.75, 3.05) is 12.4 Å². The number of ether oxygens (including phenoxy) is 1. The Morgan fingerprint density at radius 3 is 2.40 bits per heavy atom. The highest BCUT2D eigenvalue weighted by atomic mass is 32.2. The van der Waals surface area contributed by atoms with Crippen LogP contribution in [0.2, 0.25) is 0 Å². The summed E-state index contributed by atoms with van der Waals surface area (Å²) in [6.07, 6.45) is 0. The predicted octanol–water partition coefficient (Wildman–Crippen LogP) is 1.83. The van der Waals surface area contributed by atoms with Crippen LogP contribution in [0.15, 0.2) is 24.3 Å². The average molecular weight is 299 g/mol. The van der Waals surface area contributed by atoms with Crippen LogP contribution in [0.5, 0.6) is 5.75 Å². The number of nitrogens with two attached hydrogens (primary N) is 1. The summed E-state index contributed by atoms with van der Waals surface area (Å²) in [5, 5.41) is 5.08. The van der Waals surface area contributed by atoms with E-state index in [0.29, 0.717) is 11.3 Å². The smallest absolute Gasteiger partial charge is 0.209 e. The molecule has 0 aromatic heterocycles. The molecule has 0 fully saturated rings. The molecule has 1 aromatic carbocycles. The topological polar surface area (TPSA) is 86.5 Å².